The number of rotatable bonds is 5. The van der Waals surface area contributed by atoms with Crippen LogP contribution in [0.15, 0.2) is 30.3 Å². The highest BCUT2D eigenvalue weighted by Crippen LogP contribution is 2.33. The summed E-state index contributed by atoms with van der Waals surface area (Å²) < 4.78 is 11.3. The van der Waals surface area contributed by atoms with E-state index < -0.39 is 5.41 Å². The maximum absolute atomic E-state index is 13.0. The fourth-order valence-corrected chi connectivity index (χ4v) is 3.64. The van der Waals surface area contributed by atoms with Gasteiger partial charge in [0.15, 0.2) is 0 Å². The quantitative estimate of drug-likeness (QED) is 0.896. The number of piperidine rings is 1. The van der Waals surface area contributed by atoms with Crippen LogP contribution in [0.5, 0.6) is 5.75 Å². The summed E-state index contributed by atoms with van der Waals surface area (Å²) in [5.74, 6) is 1.66. The summed E-state index contributed by atoms with van der Waals surface area (Å²) in [6.45, 7) is 4.05. The number of benzene rings is 1. The maximum atomic E-state index is 13.0. The van der Waals surface area contributed by atoms with Crippen LogP contribution in [0.4, 0.5) is 0 Å². The Labute approximate surface area is 144 Å². The van der Waals surface area contributed by atoms with Gasteiger partial charge >= 0.3 is 0 Å². The third kappa shape index (κ3) is 3.90. The molecule has 3 rings (SSSR count). The van der Waals surface area contributed by atoms with Crippen molar-refractivity contribution in [2.75, 3.05) is 39.5 Å². The van der Waals surface area contributed by atoms with Crippen LogP contribution in [-0.2, 0) is 9.53 Å². The minimum atomic E-state index is -0.397. The van der Waals surface area contributed by atoms with E-state index in [9.17, 15) is 4.79 Å². The molecule has 2 fully saturated rings. The second-order valence-corrected chi connectivity index (χ2v) is 6.96. The van der Waals surface area contributed by atoms with Crippen LogP contribution in [0, 0.1) is 11.3 Å². The molecule has 0 spiro atoms. The summed E-state index contributed by atoms with van der Waals surface area (Å²) in [7, 11) is 0. The Bertz CT molecular complexity index is 521. The molecule has 2 heterocycles. The van der Waals surface area contributed by atoms with Gasteiger partial charge in [0.05, 0.1) is 12.0 Å². The molecule has 0 radical (unpaired) electrons. The molecule has 1 aromatic carbocycles. The smallest absolute Gasteiger partial charge is 0.230 e. The molecule has 2 N–H and O–H groups in total. The fraction of sp³-hybridized carbons (Fsp3) is 0.632. The van der Waals surface area contributed by atoms with E-state index in [2.05, 4.69) is 0 Å². The molecule has 2 aliphatic rings. The monoisotopic (exact) mass is 332 g/mol. The van der Waals surface area contributed by atoms with Crippen LogP contribution in [0.25, 0.3) is 0 Å². The predicted molar refractivity (Wildman–Crippen MR) is 92.8 cm³/mol. The highest BCUT2D eigenvalue weighted by atomic mass is 16.5. The number of amides is 1. The van der Waals surface area contributed by atoms with Crippen molar-refractivity contribution in [3.63, 3.8) is 0 Å². The zero-order valence-electron chi connectivity index (χ0n) is 14.3. The lowest BCUT2D eigenvalue weighted by Crippen LogP contribution is -2.53. The van der Waals surface area contributed by atoms with E-state index in [-0.39, 0.29) is 5.91 Å². The van der Waals surface area contributed by atoms with Gasteiger partial charge in [0.25, 0.3) is 0 Å². The summed E-state index contributed by atoms with van der Waals surface area (Å²) >= 11 is 0. The van der Waals surface area contributed by atoms with Gasteiger partial charge in [0, 0.05) is 32.8 Å². The van der Waals surface area contributed by atoms with Gasteiger partial charge in [-0.3, -0.25) is 4.79 Å². The predicted octanol–water partition coefficient (Wildman–Crippen LogP) is 2.06. The molecule has 2 saturated heterocycles. The molecule has 0 bridgehead atoms. The number of hydrogen-bond acceptors (Lipinski definition) is 4. The molecule has 5 heteroatoms. The first-order valence-electron chi connectivity index (χ1n) is 8.98. The van der Waals surface area contributed by atoms with Crippen LogP contribution in [0.2, 0.25) is 0 Å². The molecule has 5 nitrogen and oxygen atoms in total. The lowest BCUT2D eigenvalue weighted by Gasteiger charge is -2.41. The number of carbonyl (C=O) groups is 1. The van der Waals surface area contributed by atoms with E-state index in [1.807, 2.05) is 35.2 Å². The summed E-state index contributed by atoms with van der Waals surface area (Å²) in [5, 5.41) is 0. The number of ether oxygens (including phenoxy) is 2. The standard InChI is InChI=1S/C19H28N2O3/c20-15-19(8-12-23-13-9-19)18(22)21-10-6-16(7-11-21)14-24-17-4-2-1-3-5-17/h1-5,16H,6-15,20H2. The summed E-state index contributed by atoms with van der Waals surface area (Å²) in [6, 6.07) is 9.91. The van der Waals surface area contributed by atoms with Crippen molar-refractivity contribution in [1.29, 1.82) is 0 Å². The van der Waals surface area contributed by atoms with Gasteiger partial charge in [-0.15, -0.1) is 0 Å². The molecule has 0 atom stereocenters. The highest BCUT2D eigenvalue weighted by molar-refractivity contribution is 5.83. The average molecular weight is 332 g/mol. The third-order valence-corrected chi connectivity index (χ3v) is 5.42. The molecule has 132 valence electrons. The van der Waals surface area contributed by atoms with Crippen molar-refractivity contribution < 1.29 is 14.3 Å². The first-order chi connectivity index (χ1) is 11.7. The molecular formula is C19H28N2O3. The number of carbonyl (C=O) groups excluding carboxylic acids is 1. The van der Waals surface area contributed by atoms with Gasteiger partial charge in [-0.2, -0.15) is 0 Å². The first-order valence-corrected chi connectivity index (χ1v) is 8.98. The lowest BCUT2D eigenvalue weighted by molar-refractivity contribution is -0.148. The average Bonchev–Trinajstić information content (AvgIpc) is 2.67. The number of nitrogens with zero attached hydrogens (tertiary/aromatic N) is 1. The number of hydrogen-bond donors (Lipinski definition) is 1. The van der Waals surface area contributed by atoms with Crippen molar-refractivity contribution in [2.45, 2.75) is 25.7 Å². The minimum absolute atomic E-state index is 0.232. The van der Waals surface area contributed by atoms with Gasteiger partial charge in [0.2, 0.25) is 5.91 Å². The van der Waals surface area contributed by atoms with Gasteiger partial charge in [-0.05, 0) is 43.7 Å². The van der Waals surface area contributed by atoms with Crippen molar-refractivity contribution in [3.05, 3.63) is 30.3 Å². The van der Waals surface area contributed by atoms with E-state index in [0.29, 0.717) is 25.7 Å². The van der Waals surface area contributed by atoms with Crippen LogP contribution in [0.3, 0.4) is 0 Å². The molecule has 1 aromatic rings. The molecule has 0 saturated carbocycles. The molecular weight excluding hydrogens is 304 g/mol. The second kappa shape index (κ2) is 7.99. The topological polar surface area (TPSA) is 64.8 Å². The van der Waals surface area contributed by atoms with Crippen molar-refractivity contribution in [3.8, 4) is 5.75 Å². The molecule has 24 heavy (non-hydrogen) atoms. The summed E-state index contributed by atoms with van der Waals surface area (Å²) in [5.41, 5.74) is 5.56. The first kappa shape index (κ1) is 17.2. The van der Waals surface area contributed by atoms with Crippen molar-refractivity contribution in [1.82, 2.24) is 4.90 Å². The summed E-state index contributed by atoms with van der Waals surface area (Å²) in [6.07, 6.45) is 3.49. The van der Waals surface area contributed by atoms with Crippen LogP contribution in [-0.4, -0.2) is 50.3 Å². The Hall–Kier alpha value is -1.59. The van der Waals surface area contributed by atoms with Crippen molar-refractivity contribution in [2.24, 2.45) is 17.1 Å². The van der Waals surface area contributed by atoms with E-state index in [1.54, 1.807) is 0 Å². The maximum Gasteiger partial charge on any atom is 0.230 e. The van der Waals surface area contributed by atoms with Gasteiger partial charge < -0.3 is 20.1 Å². The fourth-order valence-electron chi connectivity index (χ4n) is 3.64. The molecule has 1 amide bonds. The van der Waals surface area contributed by atoms with E-state index in [1.165, 1.54) is 0 Å². The zero-order valence-corrected chi connectivity index (χ0v) is 14.3. The Morgan fingerprint density at radius 2 is 1.88 bits per heavy atom. The molecule has 0 aromatic heterocycles. The molecule has 0 unspecified atom stereocenters. The minimum Gasteiger partial charge on any atom is -0.493 e. The van der Waals surface area contributed by atoms with Crippen LogP contribution >= 0.6 is 0 Å². The molecule has 0 aliphatic carbocycles. The SMILES string of the molecule is NCC1(C(=O)N2CCC(COc3ccccc3)CC2)CCOCC1. The second-order valence-electron chi connectivity index (χ2n) is 6.96. The Kier molecular flexibility index (Phi) is 5.74. The van der Waals surface area contributed by atoms with E-state index in [0.717, 1.165) is 51.1 Å². The van der Waals surface area contributed by atoms with E-state index >= 15 is 0 Å². The van der Waals surface area contributed by atoms with E-state index in [4.69, 9.17) is 15.2 Å². The summed E-state index contributed by atoms with van der Waals surface area (Å²) in [4.78, 5) is 15.0. The van der Waals surface area contributed by atoms with Crippen LogP contribution in [0.1, 0.15) is 25.7 Å². The largest absolute Gasteiger partial charge is 0.493 e. The van der Waals surface area contributed by atoms with Gasteiger partial charge in [-0.25, -0.2) is 0 Å². The number of likely N-dealkylation sites (tertiary alicyclic amines) is 1. The zero-order chi connectivity index (χ0) is 16.8. The normalized spacial score (nSPS) is 21.5. The molecule has 2 aliphatic heterocycles. The van der Waals surface area contributed by atoms with Crippen LogP contribution < -0.4 is 10.5 Å². The van der Waals surface area contributed by atoms with Gasteiger partial charge in [0.1, 0.15) is 5.75 Å². The third-order valence-electron chi connectivity index (χ3n) is 5.42. The Morgan fingerprint density at radius 1 is 1.21 bits per heavy atom. The Balaban J connectivity index is 1.48. The Morgan fingerprint density at radius 3 is 2.50 bits per heavy atom. The van der Waals surface area contributed by atoms with Gasteiger partial charge in [-0.1, -0.05) is 18.2 Å². The lowest BCUT2D eigenvalue weighted by atomic mass is 9.78. The number of para-hydroxylation sites is 1. The highest BCUT2D eigenvalue weighted by Gasteiger charge is 2.42. The van der Waals surface area contributed by atoms with Crippen molar-refractivity contribution >= 4 is 5.91 Å². The number of nitrogens with two attached hydrogens (primary N) is 1.